The Kier molecular flexibility index (Phi) is 4.47. The molecule has 1 saturated heterocycles. The third kappa shape index (κ3) is 3.15. The first-order chi connectivity index (χ1) is 14.1. The molecule has 29 heavy (non-hydrogen) atoms. The Morgan fingerprint density at radius 2 is 2.14 bits per heavy atom. The van der Waals surface area contributed by atoms with Crippen molar-refractivity contribution in [2.75, 3.05) is 31.2 Å². The zero-order valence-corrected chi connectivity index (χ0v) is 16.8. The summed E-state index contributed by atoms with van der Waals surface area (Å²) in [7, 11) is 0. The van der Waals surface area contributed by atoms with Gasteiger partial charge in [-0.15, -0.1) is 0 Å². The maximum Gasteiger partial charge on any atom is 0.226 e. The number of morpholine rings is 1. The van der Waals surface area contributed by atoms with Gasteiger partial charge < -0.3 is 19.5 Å². The number of nitrogens with one attached hydrogen (secondary N) is 1. The molecule has 1 unspecified atom stereocenters. The van der Waals surface area contributed by atoms with Crippen molar-refractivity contribution in [1.82, 2.24) is 19.9 Å². The molecule has 1 fully saturated rings. The zero-order chi connectivity index (χ0) is 20.0. The number of ether oxygens (including phenoxy) is 1. The lowest BCUT2D eigenvalue weighted by Gasteiger charge is -2.35. The predicted molar refractivity (Wildman–Crippen MR) is 112 cm³/mol. The van der Waals surface area contributed by atoms with Gasteiger partial charge >= 0.3 is 0 Å². The van der Waals surface area contributed by atoms with E-state index in [2.05, 4.69) is 41.1 Å². The average molecular weight is 391 g/mol. The van der Waals surface area contributed by atoms with Crippen LogP contribution in [0, 0.1) is 0 Å². The molecule has 1 atom stereocenters. The highest BCUT2D eigenvalue weighted by Gasteiger charge is 2.28. The summed E-state index contributed by atoms with van der Waals surface area (Å²) >= 11 is 0. The molecule has 1 aromatic carbocycles. The van der Waals surface area contributed by atoms with E-state index in [1.807, 2.05) is 11.1 Å². The normalized spacial score (nSPS) is 19.4. The monoisotopic (exact) mass is 391 g/mol. The molecule has 0 bridgehead atoms. The molecule has 0 spiro atoms. The summed E-state index contributed by atoms with van der Waals surface area (Å²) in [6, 6.07) is 8.58. The molecular weight excluding hydrogens is 366 g/mol. The number of hydrogen-bond donors (Lipinski definition) is 1. The molecule has 5 rings (SSSR count). The maximum absolute atomic E-state index is 12.0. The summed E-state index contributed by atoms with van der Waals surface area (Å²) in [5.74, 6) is 0.817. The lowest BCUT2D eigenvalue weighted by molar-refractivity contribution is -0.129. The second-order valence-corrected chi connectivity index (χ2v) is 7.85. The van der Waals surface area contributed by atoms with Gasteiger partial charge in [-0.1, -0.05) is 12.1 Å². The van der Waals surface area contributed by atoms with Gasteiger partial charge in [0.05, 0.1) is 37.2 Å². The summed E-state index contributed by atoms with van der Waals surface area (Å²) in [4.78, 5) is 29.4. The molecule has 2 aromatic heterocycles. The Hall–Kier alpha value is -2.93. The Morgan fingerprint density at radius 1 is 1.24 bits per heavy atom. The number of carbonyl (C=O) groups excluding carboxylic acids is 1. The highest BCUT2D eigenvalue weighted by atomic mass is 16.5. The highest BCUT2D eigenvalue weighted by molar-refractivity contribution is 5.95. The van der Waals surface area contributed by atoms with Crippen LogP contribution in [0.5, 0.6) is 0 Å². The van der Waals surface area contributed by atoms with Gasteiger partial charge in [-0.05, 0) is 25.5 Å². The van der Waals surface area contributed by atoms with Crippen LogP contribution in [-0.4, -0.2) is 58.1 Å². The molecule has 2 aliphatic rings. The second-order valence-electron chi connectivity index (χ2n) is 7.85. The van der Waals surface area contributed by atoms with Crippen molar-refractivity contribution in [2.24, 2.45) is 0 Å². The number of H-pyrrole nitrogens is 1. The lowest BCUT2D eigenvalue weighted by Crippen LogP contribution is -2.45. The fourth-order valence-corrected chi connectivity index (χ4v) is 4.35. The summed E-state index contributed by atoms with van der Waals surface area (Å²) < 4.78 is 5.60. The van der Waals surface area contributed by atoms with Gasteiger partial charge in [0.25, 0.3) is 0 Å². The molecular formula is C22H25N5O2. The van der Waals surface area contributed by atoms with Crippen molar-refractivity contribution in [3.8, 4) is 11.3 Å². The van der Waals surface area contributed by atoms with Crippen molar-refractivity contribution in [1.29, 1.82) is 0 Å². The molecule has 150 valence electrons. The van der Waals surface area contributed by atoms with Crippen LogP contribution < -0.4 is 4.90 Å². The van der Waals surface area contributed by atoms with E-state index < -0.39 is 0 Å². The number of amides is 1. The standard InChI is InChI=1S/C22H25N5O2/c1-14-13-29-11-10-27(14)22-24-20-12-26(15(2)28)9-7-18(20)21(25-22)17-4-3-5-19-16(17)6-8-23-19/h3-6,8,14,23H,7,9-13H2,1-2H3. The number of benzene rings is 1. The van der Waals surface area contributed by atoms with Crippen LogP contribution in [0.2, 0.25) is 0 Å². The second kappa shape index (κ2) is 7.15. The van der Waals surface area contributed by atoms with Crippen molar-refractivity contribution < 1.29 is 9.53 Å². The Balaban J connectivity index is 1.69. The van der Waals surface area contributed by atoms with Crippen molar-refractivity contribution in [3.05, 3.63) is 41.7 Å². The SMILES string of the molecule is CC(=O)N1CCc2c(nc(N3CCOCC3C)nc2-c2cccc3[nH]ccc23)C1. The average Bonchev–Trinajstić information content (AvgIpc) is 3.22. The van der Waals surface area contributed by atoms with Crippen LogP contribution in [0.25, 0.3) is 22.2 Å². The molecule has 3 aromatic rings. The van der Waals surface area contributed by atoms with E-state index >= 15 is 0 Å². The number of fused-ring (bicyclic) bond motifs is 2. The van der Waals surface area contributed by atoms with Crippen LogP contribution in [0.3, 0.4) is 0 Å². The third-order valence-electron chi connectivity index (χ3n) is 5.97. The first-order valence-electron chi connectivity index (χ1n) is 10.2. The molecule has 7 nitrogen and oxygen atoms in total. The number of hydrogen-bond acceptors (Lipinski definition) is 5. The van der Waals surface area contributed by atoms with E-state index in [1.165, 1.54) is 0 Å². The molecule has 1 N–H and O–H groups in total. The largest absolute Gasteiger partial charge is 0.377 e. The molecule has 1 amide bonds. The first kappa shape index (κ1) is 18.1. The fourth-order valence-electron chi connectivity index (χ4n) is 4.35. The highest BCUT2D eigenvalue weighted by Crippen LogP contribution is 2.34. The van der Waals surface area contributed by atoms with Crippen LogP contribution in [0.4, 0.5) is 5.95 Å². The van der Waals surface area contributed by atoms with Gasteiger partial charge in [0.15, 0.2) is 0 Å². The van der Waals surface area contributed by atoms with E-state index in [0.717, 1.165) is 52.3 Å². The zero-order valence-electron chi connectivity index (χ0n) is 16.8. The number of aromatic amines is 1. The molecule has 0 aliphatic carbocycles. The molecule has 2 aliphatic heterocycles. The van der Waals surface area contributed by atoms with E-state index in [0.29, 0.717) is 26.3 Å². The van der Waals surface area contributed by atoms with E-state index in [-0.39, 0.29) is 11.9 Å². The molecule has 0 radical (unpaired) electrons. The van der Waals surface area contributed by atoms with Gasteiger partial charge in [0, 0.05) is 48.2 Å². The van der Waals surface area contributed by atoms with Gasteiger partial charge in [-0.2, -0.15) is 0 Å². The Morgan fingerprint density at radius 3 is 2.97 bits per heavy atom. The maximum atomic E-state index is 12.0. The first-order valence-corrected chi connectivity index (χ1v) is 10.2. The van der Waals surface area contributed by atoms with Gasteiger partial charge in [-0.3, -0.25) is 4.79 Å². The van der Waals surface area contributed by atoms with Gasteiger partial charge in [-0.25, -0.2) is 9.97 Å². The van der Waals surface area contributed by atoms with E-state index in [4.69, 9.17) is 14.7 Å². The summed E-state index contributed by atoms with van der Waals surface area (Å²) in [5, 5.41) is 1.16. The van der Waals surface area contributed by atoms with Crippen LogP contribution in [0.1, 0.15) is 25.1 Å². The van der Waals surface area contributed by atoms with Crippen LogP contribution in [-0.2, 0) is 22.5 Å². The van der Waals surface area contributed by atoms with Crippen molar-refractivity contribution in [2.45, 2.75) is 32.9 Å². The quantitative estimate of drug-likeness (QED) is 0.727. The number of carbonyl (C=O) groups is 1. The number of rotatable bonds is 2. The van der Waals surface area contributed by atoms with Gasteiger partial charge in [0.1, 0.15) is 0 Å². The summed E-state index contributed by atoms with van der Waals surface area (Å²) in [6.45, 7) is 7.11. The van der Waals surface area contributed by atoms with E-state index in [9.17, 15) is 4.79 Å². The number of anilines is 1. The molecule has 4 heterocycles. The van der Waals surface area contributed by atoms with E-state index in [1.54, 1.807) is 6.92 Å². The predicted octanol–water partition coefficient (Wildman–Crippen LogP) is 2.75. The van der Waals surface area contributed by atoms with Crippen LogP contribution >= 0.6 is 0 Å². The van der Waals surface area contributed by atoms with Crippen molar-refractivity contribution >= 4 is 22.8 Å². The fraction of sp³-hybridized carbons (Fsp3) is 0.409. The number of nitrogens with zero attached hydrogens (tertiary/aromatic N) is 4. The minimum Gasteiger partial charge on any atom is -0.377 e. The minimum atomic E-state index is 0.0878. The Bertz CT molecular complexity index is 1080. The summed E-state index contributed by atoms with van der Waals surface area (Å²) in [6.07, 6.45) is 2.73. The lowest BCUT2D eigenvalue weighted by atomic mass is 9.96. The van der Waals surface area contributed by atoms with Gasteiger partial charge in [0.2, 0.25) is 11.9 Å². The third-order valence-corrected chi connectivity index (χ3v) is 5.97. The van der Waals surface area contributed by atoms with Crippen molar-refractivity contribution in [3.63, 3.8) is 0 Å². The summed E-state index contributed by atoms with van der Waals surface area (Å²) in [5.41, 5.74) is 5.30. The number of aromatic nitrogens is 3. The molecule has 7 heteroatoms. The Labute approximate surface area is 169 Å². The van der Waals surface area contributed by atoms with Crippen LogP contribution in [0.15, 0.2) is 30.5 Å². The smallest absolute Gasteiger partial charge is 0.226 e. The topological polar surface area (TPSA) is 74.3 Å². The molecule has 0 saturated carbocycles. The minimum absolute atomic E-state index is 0.0878.